The van der Waals surface area contributed by atoms with Gasteiger partial charge in [-0.3, -0.25) is 0 Å². The number of benzene rings is 2. The smallest absolute Gasteiger partial charge is 0.358 e. The van der Waals surface area contributed by atoms with Gasteiger partial charge in [0.05, 0.1) is 12.3 Å². The molecule has 6 nitrogen and oxygen atoms in total. The van der Waals surface area contributed by atoms with Crippen molar-refractivity contribution in [2.24, 2.45) is 0 Å². The minimum absolute atomic E-state index is 0.0786. The third-order valence-electron chi connectivity index (χ3n) is 3.31. The van der Waals surface area contributed by atoms with Crippen LogP contribution < -0.4 is 4.74 Å². The van der Waals surface area contributed by atoms with Gasteiger partial charge in [-0.25, -0.2) is 9.48 Å². The fraction of sp³-hybridized carbons (Fsp3) is 0.118. The minimum Gasteiger partial charge on any atom is -0.494 e. The Kier molecular flexibility index (Phi) is 4.05. The molecule has 0 amide bonds. The summed E-state index contributed by atoms with van der Waals surface area (Å²) in [6.45, 7) is 2.50. The second kappa shape index (κ2) is 6.31. The van der Waals surface area contributed by atoms with Crippen molar-refractivity contribution in [3.05, 3.63) is 60.3 Å². The molecule has 0 atom stereocenters. The number of hydrogen-bond donors (Lipinski definition) is 1. The van der Waals surface area contributed by atoms with Gasteiger partial charge in [0.25, 0.3) is 0 Å². The van der Waals surface area contributed by atoms with Crippen molar-refractivity contribution in [3.63, 3.8) is 0 Å². The summed E-state index contributed by atoms with van der Waals surface area (Å²) in [5.41, 5.74) is 1.82. The molecule has 23 heavy (non-hydrogen) atoms. The van der Waals surface area contributed by atoms with Crippen LogP contribution in [0.15, 0.2) is 54.6 Å². The molecule has 0 saturated carbocycles. The number of aromatic carboxylic acids is 1. The van der Waals surface area contributed by atoms with E-state index >= 15 is 0 Å². The topological polar surface area (TPSA) is 77.2 Å². The van der Waals surface area contributed by atoms with Crippen molar-refractivity contribution < 1.29 is 14.6 Å². The zero-order valence-electron chi connectivity index (χ0n) is 12.5. The fourth-order valence-corrected chi connectivity index (χ4v) is 2.31. The summed E-state index contributed by atoms with van der Waals surface area (Å²) < 4.78 is 6.94. The summed E-state index contributed by atoms with van der Waals surface area (Å²) in [7, 11) is 0. The maximum absolute atomic E-state index is 11.4. The van der Waals surface area contributed by atoms with E-state index in [0.29, 0.717) is 18.0 Å². The van der Waals surface area contributed by atoms with Gasteiger partial charge in [0.15, 0.2) is 5.69 Å². The largest absolute Gasteiger partial charge is 0.494 e. The van der Waals surface area contributed by atoms with Gasteiger partial charge in [-0.05, 0) is 31.2 Å². The first-order valence-electron chi connectivity index (χ1n) is 7.18. The van der Waals surface area contributed by atoms with Crippen LogP contribution in [0.4, 0.5) is 0 Å². The van der Waals surface area contributed by atoms with Crippen LogP contribution in [0.5, 0.6) is 5.75 Å². The predicted molar refractivity (Wildman–Crippen MR) is 84.9 cm³/mol. The lowest BCUT2D eigenvalue weighted by atomic mass is 10.1. The Morgan fingerprint density at radius 1 is 1.13 bits per heavy atom. The van der Waals surface area contributed by atoms with Crippen LogP contribution in [0.1, 0.15) is 17.4 Å². The van der Waals surface area contributed by atoms with Crippen molar-refractivity contribution in [1.29, 1.82) is 0 Å². The zero-order valence-corrected chi connectivity index (χ0v) is 12.5. The molecule has 0 aliphatic rings. The van der Waals surface area contributed by atoms with Crippen LogP contribution in [0.2, 0.25) is 0 Å². The lowest BCUT2D eigenvalue weighted by Crippen LogP contribution is -2.03. The quantitative estimate of drug-likeness (QED) is 0.784. The van der Waals surface area contributed by atoms with Gasteiger partial charge in [0.1, 0.15) is 11.4 Å². The van der Waals surface area contributed by atoms with E-state index in [0.717, 1.165) is 11.3 Å². The maximum Gasteiger partial charge on any atom is 0.358 e. The van der Waals surface area contributed by atoms with E-state index in [2.05, 4.69) is 10.3 Å². The average molecular weight is 309 g/mol. The molecule has 2 aromatic carbocycles. The summed E-state index contributed by atoms with van der Waals surface area (Å²) in [4.78, 5) is 11.4. The first-order valence-corrected chi connectivity index (χ1v) is 7.18. The highest BCUT2D eigenvalue weighted by Crippen LogP contribution is 2.26. The summed E-state index contributed by atoms with van der Waals surface area (Å²) >= 11 is 0. The number of carbonyl (C=O) groups is 1. The Labute approximate surface area is 133 Å². The molecule has 0 radical (unpaired) electrons. The van der Waals surface area contributed by atoms with E-state index in [9.17, 15) is 9.90 Å². The third kappa shape index (κ3) is 2.91. The van der Waals surface area contributed by atoms with Crippen molar-refractivity contribution in [1.82, 2.24) is 15.0 Å². The molecule has 6 heteroatoms. The second-order valence-electron chi connectivity index (χ2n) is 4.80. The molecule has 1 aromatic heterocycles. The van der Waals surface area contributed by atoms with E-state index < -0.39 is 5.97 Å². The minimum atomic E-state index is -1.11. The Balaban J connectivity index is 2.11. The highest BCUT2D eigenvalue weighted by molar-refractivity contribution is 5.93. The molecule has 116 valence electrons. The molecule has 0 saturated heterocycles. The molecule has 0 unspecified atom stereocenters. The van der Waals surface area contributed by atoms with Gasteiger partial charge in [-0.1, -0.05) is 35.5 Å². The number of carboxylic acid groups (broad SMARTS) is 1. The summed E-state index contributed by atoms with van der Waals surface area (Å²) in [5.74, 6) is -0.364. The van der Waals surface area contributed by atoms with Gasteiger partial charge in [-0.15, -0.1) is 5.10 Å². The average Bonchev–Trinajstić information content (AvgIpc) is 3.02. The highest BCUT2D eigenvalue weighted by Gasteiger charge is 2.21. The van der Waals surface area contributed by atoms with Crippen LogP contribution in [-0.4, -0.2) is 32.7 Å². The third-order valence-corrected chi connectivity index (χ3v) is 3.31. The number of aromatic nitrogens is 3. The number of rotatable bonds is 5. The second-order valence-corrected chi connectivity index (χ2v) is 4.80. The summed E-state index contributed by atoms with van der Waals surface area (Å²) in [6, 6.07) is 16.5. The standard InChI is InChI=1S/C17H15N3O3/c1-2-23-14-10-8-13(9-11-14)20-16(12-6-4-3-5-7-12)15(17(21)22)18-19-20/h3-11H,2H2,1H3,(H,21,22). The Hall–Kier alpha value is -3.15. The molecule has 1 N–H and O–H groups in total. The molecule has 0 fully saturated rings. The SMILES string of the molecule is CCOc1ccc(-n2nnc(C(=O)O)c2-c2ccccc2)cc1. The van der Waals surface area contributed by atoms with Crippen LogP contribution >= 0.6 is 0 Å². The first-order chi connectivity index (χ1) is 11.2. The van der Waals surface area contributed by atoms with Crippen molar-refractivity contribution >= 4 is 5.97 Å². The Bertz CT molecular complexity index is 811. The Morgan fingerprint density at radius 2 is 1.83 bits per heavy atom. The number of carboxylic acids is 1. The molecular formula is C17H15N3O3. The number of hydrogen-bond acceptors (Lipinski definition) is 4. The normalized spacial score (nSPS) is 10.5. The molecule has 1 heterocycles. The van der Waals surface area contributed by atoms with Gasteiger partial charge < -0.3 is 9.84 Å². The van der Waals surface area contributed by atoms with Gasteiger partial charge in [0, 0.05) is 5.56 Å². The van der Waals surface area contributed by atoms with E-state index in [-0.39, 0.29) is 5.69 Å². The molecule has 3 aromatic rings. The molecule has 0 spiro atoms. The number of nitrogens with zero attached hydrogens (tertiary/aromatic N) is 3. The molecule has 3 rings (SSSR count). The van der Waals surface area contributed by atoms with E-state index in [4.69, 9.17) is 4.74 Å². The highest BCUT2D eigenvalue weighted by atomic mass is 16.5. The van der Waals surface area contributed by atoms with Crippen LogP contribution in [0.3, 0.4) is 0 Å². The maximum atomic E-state index is 11.4. The van der Waals surface area contributed by atoms with Crippen molar-refractivity contribution in [3.8, 4) is 22.7 Å². The van der Waals surface area contributed by atoms with Gasteiger partial charge in [0.2, 0.25) is 0 Å². The van der Waals surface area contributed by atoms with Crippen molar-refractivity contribution in [2.75, 3.05) is 6.61 Å². The summed E-state index contributed by atoms with van der Waals surface area (Å²) in [6.07, 6.45) is 0. The van der Waals surface area contributed by atoms with Crippen molar-refractivity contribution in [2.45, 2.75) is 6.92 Å². The van der Waals surface area contributed by atoms with E-state index in [1.165, 1.54) is 4.68 Å². The van der Waals surface area contributed by atoms with Crippen LogP contribution in [0, 0.1) is 0 Å². The molecular weight excluding hydrogens is 294 g/mol. The van der Waals surface area contributed by atoms with Gasteiger partial charge >= 0.3 is 5.97 Å². The lowest BCUT2D eigenvalue weighted by molar-refractivity contribution is 0.0691. The molecule has 0 aliphatic heterocycles. The van der Waals surface area contributed by atoms with Gasteiger partial charge in [-0.2, -0.15) is 0 Å². The van der Waals surface area contributed by atoms with E-state index in [1.807, 2.05) is 61.5 Å². The first kappa shape index (κ1) is 14.8. The molecule has 0 bridgehead atoms. The fourth-order valence-electron chi connectivity index (χ4n) is 2.31. The van der Waals surface area contributed by atoms with Crippen LogP contribution in [-0.2, 0) is 0 Å². The van der Waals surface area contributed by atoms with E-state index in [1.54, 1.807) is 0 Å². The summed E-state index contributed by atoms with van der Waals surface area (Å²) in [5, 5.41) is 17.2. The zero-order chi connectivity index (χ0) is 16.2. The Morgan fingerprint density at radius 3 is 2.43 bits per heavy atom. The predicted octanol–water partition coefficient (Wildman–Crippen LogP) is 3.03. The molecule has 0 aliphatic carbocycles. The monoisotopic (exact) mass is 309 g/mol. The van der Waals surface area contributed by atoms with Crippen LogP contribution in [0.25, 0.3) is 16.9 Å². The lowest BCUT2D eigenvalue weighted by Gasteiger charge is -2.08. The number of ether oxygens (including phenoxy) is 1.